The van der Waals surface area contributed by atoms with Gasteiger partial charge in [-0.2, -0.15) is 0 Å². The average Bonchev–Trinajstić information content (AvgIpc) is 2.95. The molecule has 0 saturated heterocycles. The number of nitrogens with zero attached hydrogens (tertiary/aromatic N) is 1. The van der Waals surface area contributed by atoms with Crippen LogP contribution in [0.2, 0.25) is 0 Å². The second-order valence-corrected chi connectivity index (χ2v) is 9.41. The second-order valence-electron chi connectivity index (χ2n) is 9.41. The maximum atomic E-state index is 11.6. The SMILES string of the molecule is C=C(C)C(=O)OCCCc1ccc(N(c2ccc(CCCOC(=O)C(=C)C)cc2)c2ccc(OC)cc2)cc1. The molecule has 0 N–H and O–H groups in total. The van der Waals surface area contributed by atoms with Crippen LogP contribution in [0.25, 0.3) is 0 Å². The molecule has 0 atom stereocenters. The molecule has 0 spiro atoms. The van der Waals surface area contributed by atoms with Crippen molar-refractivity contribution in [1.29, 1.82) is 0 Å². The number of ether oxygens (including phenoxy) is 3. The van der Waals surface area contributed by atoms with Crippen LogP contribution in [0, 0.1) is 0 Å². The number of aryl methyl sites for hydroxylation is 2. The van der Waals surface area contributed by atoms with Gasteiger partial charge in [-0.3, -0.25) is 0 Å². The predicted octanol–water partition coefficient (Wildman–Crippen LogP) is 7.27. The summed E-state index contributed by atoms with van der Waals surface area (Å²) in [6.07, 6.45) is 3.11. The Labute approximate surface area is 231 Å². The maximum Gasteiger partial charge on any atom is 0.333 e. The maximum absolute atomic E-state index is 11.6. The molecule has 3 rings (SSSR count). The first kappa shape index (κ1) is 29.2. The van der Waals surface area contributed by atoms with Gasteiger partial charge < -0.3 is 19.1 Å². The smallest absolute Gasteiger partial charge is 0.333 e. The molecule has 0 aliphatic carbocycles. The fraction of sp³-hybridized carbons (Fsp3) is 0.273. The number of esters is 2. The van der Waals surface area contributed by atoms with E-state index in [1.807, 2.05) is 24.3 Å². The zero-order chi connectivity index (χ0) is 28.2. The number of hydrogen-bond donors (Lipinski definition) is 0. The number of hydrogen-bond acceptors (Lipinski definition) is 6. The van der Waals surface area contributed by atoms with Crippen molar-refractivity contribution in [1.82, 2.24) is 0 Å². The second kappa shape index (κ2) is 14.6. The van der Waals surface area contributed by atoms with Crippen molar-refractivity contribution >= 4 is 29.0 Å². The average molecular weight is 528 g/mol. The fourth-order valence-corrected chi connectivity index (χ4v) is 3.93. The van der Waals surface area contributed by atoms with E-state index >= 15 is 0 Å². The van der Waals surface area contributed by atoms with Crippen molar-refractivity contribution in [2.24, 2.45) is 0 Å². The van der Waals surface area contributed by atoms with Gasteiger partial charge in [0.1, 0.15) is 5.75 Å². The lowest BCUT2D eigenvalue weighted by Gasteiger charge is -2.26. The molecule has 0 fully saturated rings. The molecule has 3 aromatic carbocycles. The van der Waals surface area contributed by atoms with Crippen molar-refractivity contribution in [3.8, 4) is 5.75 Å². The van der Waals surface area contributed by atoms with Crippen molar-refractivity contribution in [3.63, 3.8) is 0 Å². The third kappa shape index (κ3) is 8.88. The third-order valence-electron chi connectivity index (χ3n) is 6.10. The van der Waals surface area contributed by atoms with E-state index in [0.717, 1.165) is 48.5 Å². The summed E-state index contributed by atoms with van der Waals surface area (Å²) < 4.78 is 15.7. The Morgan fingerprint density at radius 1 is 0.641 bits per heavy atom. The number of anilines is 3. The normalized spacial score (nSPS) is 10.4. The van der Waals surface area contributed by atoms with E-state index in [-0.39, 0.29) is 11.9 Å². The number of methoxy groups -OCH3 is 1. The first-order chi connectivity index (χ1) is 18.8. The highest BCUT2D eigenvalue weighted by Gasteiger charge is 2.13. The third-order valence-corrected chi connectivity index (χ3v) is 6.10. The molecule has 6 nitrogen and oxygen atoms in total. The molecule has 0 radical (unpaired) electrons. The van der Waals surface area contributed by atoms with Crippen molar-refractivity contribution in [2.75, 3.05) is 25.2 Å². The fourth-order valence-electron chi connectivity index (χ4n) is 3.93. The Morgan fingerprint density at radius 2 is 1.00 bits per heavy atom. The van der Waals surface area contributed by atoms with E-state index < -0.39 is 0 Å². The number of carbonyl (C=O) groups excluding carboxylic acids is 2. The van der Waals surface area contributed by atoms with Gasteiger partial charge in [0.05, 0.1) is 20.3 Å². The van der Waals surface area contributed by atoms with Crippen molar-refractivity contribution in [3.05, 3.63) is 108 Å². The Hall–Kier alpha value is -4.32. The Kier molecular flexibility index (Phi) is 10.9. The molecule has 0 heterocycles. The highest BCUT2D eigenvalue weighted by molar-refractivity contribution is 5.87. The standard InChI is InChI=1S/C33H37NO5/c1-24(2)32(35)38-22-6-8-26-10-14-28(15-11-26)34(30-18-20-31(37-5)21-19-30)29-16-12-27(13-17-29)9-7-23-39-33(36)25(3)4/h10-21H,1,3,6-9,22-23H2,2,4-5H3. The Balaban J connectivity index is 1.71. The summed E-state index contributed by atoms with van der Waals surface area (Å²) in [5, 5.41) is 0. The summed E-state index contributed by atoms with van der Waals surface area (Å²) in [5.41, 5.74) is 6.22. The van der Waals surface area contributed by atoms with E-state index in [2.05, 4.69) is 66.6 Å². The summed E-state index contributed by atoms with van der Waals surface area (Å²) in [6.45, 7) is 11.2. The van der Waals surface area contributed by atoms with Crippen LogP contribution < -0.4 is 9.64 Å². The largest absolute Gasteiger partial charge is 0.497 e. The Bertz CT molecular complexity index is 1180. The quantitative estimate of drug-likeness (QED) is 0.125. The molecule has 0 unspecified atom stereocenters. The van der Waals surface area contributed by atoms with Gasteiger partial charge in [-0.1, -0.05) is 37.4 Å². The van der Waals surface area contributed by atoms with Gasteiger partial charge >= 0.3 is 11.9 Å². The zero-order valence-electron chi connectivity index (χ0n) is 23.1. The molecular weight excluding hydrogens is 490 g/mol. The molecule has 204 valence electrons. The lowest BCUT2D eigenvalue weighted by Crippen LogP contribution is -2.10. The molecule has 0 bridgehead atoms. The van der Waals surface area contributed by atoms with E-state index in [0.29, 0.717) is 24.4 Å². The van der Waals surface area contributed by atoms with Crippen LogP contribution in [0.4, 0.5) is 17.1 Å². The molecule has 3 aromatic rings. The molecule has 0 amide bonds. The molecule has 6 heteroatoms. The Morgan fingerprint density at radius 3 is 1.33 bits per heavy atom. The van der Waals surface area contributed by atoms with Crippen molar-refractivity contribution in [2.45, 2.75) is 39.5 Å². The van der Waals surface area contributed by atoms with Crippen LogP contribution >= 0.6 is 0 Å². The summed E-state index contributed by atoms with van der Waals surface area (Å²) >= 11 is 0. The zero-order valence-corrected chi connectivity index (χ0v) is 23.1. The molecule has 0 saturated carbocycles. The van der Waals surface area contributed by atoms with E-state index in [4.69, 9.17) is 14.2 Å². The van der Waals surface area contributed by atoms with Crippen molar-refractivity contribution < 1.29 is 23.8 Å². The van der Waals surface area contributed by atoms with E-state index in [1.54, 1.807) is 21.0 Å². The number of carbonyl (C=O) groups is 2. The number of rotatable bonds is 14. The van der Waals surface area contributed by atoms with Crippen LogP contribution in [0.5, 0.6) is 5.75 Å². The molecular formula is C33H37NO5. The lowest BCUT2D eigenvalue weighted by atomic mass is 10.1. The predicted molar refractivity (Wildman–Crippen MR) is 156 cm³/mol. The van der Waals surface area contributed by atoms with Gasteiger partial charge in [0.15, 0.2) is 0 Å². The summed E-state index contributed by atoms with van der Waals surface area (Å²) in [5.74, 6) is 0.0968. The van der Waals surface area contributed by atoms with Gasteiger partial charge in [-0.15, -0.1) is 0 Å². The van der Waals surface area contributed by atoms with Gasteiger partial charge in [0.25, 0.3) is 0 Å². The van der Waals surface area contributed by atoms with Crippen LogP contribution in [0.3, 0.4) is 0 Å². The van der Waals surface area contributed by atoms with Gasteiger partial charge in [-0.05, 0) is 99.2 Å². The van der Waals surface area contributed by atoms with Gasteiger partial charge in [-0.25, -0.2) is 9.59 Å². The summed E-state index contributed by atoms with van der Waals surface area (Å²) in [6, 6.07) is 24.8. The molecule has 39 heavy (non-hydrogen) atoms. The summed E-state index contributed by atoms with van der Waals surface area (Å²) in [4.78, 5) is 25.3. The summed E-state index contributed by atoms with van der Waals surface area (Å²) in [7, 11) is 1.66. The van der Waals surface area contributed by atoms with Gasteiger partial charge in [0, 0.05) is 28.2 Å². The van der Waals surface area contributed by atoms with Crippen LogP contribution in [-0.4, -0.2) is 32.3 Å². The first-order valence-corrected chi connectivity index (χ1v) is 13.1. The van der Waals surface area contributed by atoms with Crippen LogP contribution in [-0.2, 0) is 31.9 Å². The molecule has 0 aliphatic rings. The van der Waals surface area contributed by atoms with Gasteiger partial charge in [0.2, 0.25) is 0 Å². The minimum absolute atomic E-state index is 0.349. The van der Waals surface area contributed by atoms with E-state index in [1.165, 1.54) is 11.1 Å². The topological polar surface area (TPSA) is 65.1 Å². The molecule has 0 aliphatic heterocycles. The first-order valence-electron chi connectivity index (χ1n) is 13.1. The van der Waals surface area contributed by atoms with E-state index in [9.17, 15) is 9.59 Å². The highest BCUT2D eigenvalue weighted by atomic mass is 16.5. The van der Waals surface area contributed by atoms with Crippen LogP contribution in [0.15, 0.2) is 97.1 Å². The number of benzene rings is 3. The monoisotopic (exact) mass is 527 g/mol. The molecule has 0 aromatic heterocycles. The lowest BCUT2D eigenvalue weighted by molar-refractivity contribution is -0.139. The highest BCUT2D eigenvalue weighted by Crippen LogP contribution is 2.35. The minimum atomic E-state index is -0.349. The van der Waals surface area contributed by atoms with Crippen LogP contribution in [0.1, 0.15) is 37.8 Å². The minimum Gasteiger partial charge on any atom is -0.497 e.